The van der Waals surface area contributed by atoms with Crippen LogP contribution in [0.15, 0.2) is 54.6 Å². The molecule has 3 rings (SSSR count). The molecule has 0 fully saturated rings. The van der Waals surface area contributed by atoms with Crippen molar-refractivity contribution < 1.29 is 0 Å². The van der Waals surface area contributed by atoms with Crippen LogP contribution in [0.2, 0.25) is 0 Å². The van der Waals surface area contributed by atoms with Crippen molar-refractivity contribution in [2.24, 2.45) is 5.84 Å². The lowest BCUT2D eigenvalue weighted by atomic mass is 9.77. The number of fused-ring (bicyclic) bond motifs is 1. The average molecular weight is 252 g/mol. The van der Waals surface area contributed by atoms with Crippen molar-refractivity contribution >= 4 is 0 Å². The van der Waals surface area contributed by atoms with E-state index in [1.165, 1.54) is 36.0 Å². The normalized spacial score (nSPS) is 19.7. The third-order valence-electron chi connectivity index (χ3n) is 4.16. The van der Waals surface area contributed by atoms with Gasteiger partial charge in [-0.15, -0.1) is 0 Å². The van der Waals surface area contributed by atoms with Crippen molar-refractivity contribution in [1.29, 1.82) is 0 Å². The fourth-order valence-corrected chi connectivity index (χ4v) is 3.24. The van der Waals surface area contributed by atoms with Crippen LogP contribution in [-0.4, -0.2) is 0 Å². The summed E-state index contributed by atoms with van der Waals surface area (Å²) < 4.78 is 0. The Bertz CT molecular complexity index is 536. The van der Waals surface area contributed by atoms with Crippen molar-refractivity contribution in [3.63, 3.8) is 0 Å². The number of rotatable bonds is 3. The Morgan fingerprint density at radius 2 is 1.74 bits per heavy atom. The lowest BCUT2D eigenvalue weighted by molar-refractivity contribution is 0.408. The molecule has 1 aliphatic rings. The van der Waals surface area contributed by atoms with E-state index >= 15 is 0 Å². The minimum absolute atomic E-state index is 0.197. The Hall–Kier alpha value is -1.64. The minimum Gasteiger partial charge on any atom is -0.271 e. The molecular weight excluding hydrogens is 232 g/mol. The van der Waals surface area contributed by atoms with Gasteiger partial charge >= 0.3 is 0 Å². The summed E-state index contributed by atoms with van der Waals surface area (Å²) in [5.74, 6) is 6.31. The number of aryl methyl sites for hydroxylation is 1. The molecule has 2 atom stereocenters. The van der Waals surface area contributed by atoms with E-state index in [2.05, 4.69) is 54.0 Å². The van der Waals surface area contributed by atoms with Crippen molar-refractivity contribution in [3.8, 4) is 0 Å². The predicted octanol–water partition coefficient (Wildman–Crippen LogP) is 3.31. The van der Waals surface area contributed by atoms with Gasteiger partial charge in [0, 0.05) is 5.92 Å². The molecule has 0 bridgehead atoms. The Kier molecular flexibility index (Phi) is 3.62. The maximum atomic E-state index is 5.84. The zero-order chi connectivity index (χ0) is 13.1. The van der Waals surface area contributed by atoms with Crippen LogP contribution < -0.4 is 11.3 Å². The molecule has 98 valence electrons. The number of hydrogen-bond donors (Lipinski definition) is 2. The Balaban J connectivity index is 1.97. The molecule has 19 heavy (non-hydrogen) atoms. The first kappa shape index (κ1) is 12.4. The number of hydrazine groups is 1. The Morgan fingerprint density at radius 3 is 2.53 bits per heavy atom. The predicted molar refractivity (Wildman–Crippen MR) is 78.6 cm³/mol. The zero-order valence-electron chi connectivity index (χ0n) is 11.0. The summed E-state index contributed by atoms with van der Waals surface area (Å²) in [6, 6.07) is 19.5. The van der Waals surface area contributed by atoms with Crippen LogP contribution in [0.4, 0.5) is 0 Å². The minimum atomic E-state index is 0.197. The number of hydrogen-bond acceptors (Lipinski definition) is 2. The highest BCUT2D eigenvalue weighted by molar-refractivity contribution is 5.36. The van der Waals surface area contributed by atoms with Crippen molar-refractivity contribution in [3.05, 3.63) is 71.3 Å². The van der Waals surface area contributed by atoms with Crippen LogP contribution in [0, 0.1) is 0 Å². The lowest BCUT2D eigenvalue weighted by Crippen LogP contribution is -2.34. The molecule has 0 amide bonds. The molecule has 2 aromatic carbocycles. The second-order valence-corrected chi connectivity index (χ2v) is 5.25. The van der Waals surface area contributed by atoms with Gasteiger partial charge in [-0.25, -0.2) is 0 Å². The third-order valence-corrected chi connectivity index (χ3v) is 4.16. The summed E-state index contributed by atoms with van der Waals surface area (Å²) in [6.45, 7) is 0. The smallest absolute Gasteiger partial charge is 0.0528 e. The van der Waals surface area contributed by atoms with Gasteiger partial charge in [-0.2, -0.15) is 0 Å². The van der Waals surface area contributed by atoms with E-state index in [1.54, 1.807) is 0 Å². The summed E-state index contributed by atoms with van der Waals surface area (Å²) >= 11 is 0. The van der Waals surface area contributed by atoms with E-state index in [1.807, 2.05) is 6.07 Å². The first-order chi connectivity index (χ1) is 9.40. The fourth-order valence-electron chi connectivity index (χ4n) is 3.24. The third kappa shape index (κ3) is 2.42. The number of benzene rings is 2. The van der Waals surface area contributed by atoms with Gasteiger partial charge < -0.3 is 0 Å². The van der Waals surface area contributed by atoms with Gasteiger partial charge in [-0.3, -0.25) is 11.3 Å². The molecule has 3 N–H and O–H groups in total. The molecular formula is C17H20N2. The molecule has 1 aliphatic carbocycles. The highest BCUT2D eigenvalue weighted by Gasteiger charge is 2.27. The van der Waals surface area contributed by atoms with Crippen LogP contribution in [0.25, 0.3) is 0 Å². The first-order valence-electron chi connectivity index (χ1n) is 6.99. The van der Waals surface area contributed by atoms with Gasteiger partial charge in [-0.1, -0.05) is 54.6 Å². The van der Waals surface area contributed by atoms with E-state index in [4.69, 9.17) is 5.84 Å². The second-order valence-electron chi connectivity index (χ2n) is 5.25. The largest absolute Gasteiger partial charge is 0.271 e. The van der Waals surface area contributed by atoms with Gasteiger partial charge in [0.25, 0.3) is 0 Å². The van der Waals surface area contributed by atoms with Crippen LogP contribution in [0.1, 0.15) is 41.5 Å². The van der Waals surface area contributed by atoms with Gasteiger partial charge in [0.2, 0.25) is 0 Å². The monoisotopic (exact) mass is 252 g/mol. The second kappa shape index (κ2) is 5.55. The van der Waals surface area contributed by atoms with Crippen LogP contribution in [0.5, 0.6) is 0 Å². The SMILES string of the molecule is NNC(c1ccccc1)C1CCCc2ccccc21. The standard InChI is InChI=1S/C17H20N2/c18-19-17(14-8-2-1-3-9-14)16-12-6-10-13-7-4-5-11-15(13)16/h1-5,7-9,11,16-17,19H,6,10,12,18H2. The zero-order valence-corrected chi connectivity index (χ0v) is 11.0. The molecule has 0 aliphatic heterocycles. The van der Waals surface area contributed by atoms with E-state index in [9.17, 15) is 0 Å². The summed E-state index contributed by atoms with van der Waals surface area (Å²) in [7, 11) is 0. The van der Waals surface area contributed by atoms with E-state index in [0.717, 1.165) is 0 Å². The van der Waals surface area contributed by atoms with Crippen molar-refractivity contribution in [1.82, 2.24) is 5.43 Å². The maximum Gasteiger partial charge on any atom is 0.0528 e. The van der Waals surface area contributed by atoms with Gasteiger partial charge in [0.1, 0.15) is 0 Å². The average Bonchev–Trinajstić information content (AvgIpc) is 2.49. The summed E-state index contributed by atoms with van der Waals surface area (Å²) in [5.41, 5.74) is 7.24. The van der Waals surface area contributed by atoms with Crippen molar-refractivity contribution in [2.75, 3.05) is 0 Å². The van der Waals surface area contributed by atoms with Gasteiger partial charge in [0.15, 0.2) is 0 Å². The molecule has 0 heterocycles. The first-order valence-corrected chi connectivity index (χ1v) is 6.99. The highest BCUT2D eigenvalue weighted by Crippen LogP contribution is 2.39. The molecule has 0 aromatic heterocycles. The Morgan fingerprint density at radius 1 is 1.00 bits per heavy atom. The summed E-state index contributed by atoms with van der Waals surface area (Å²) in [4.78, 5) is 0. The van der Waals surface area contributed by atoms with Crippen LogP contribution in [-0.2, 0) is 6.42 Å². The maximum absolute atomic E-state index is 5.84. The molecule has 2 unspecified atom stereocenters. The molecule has 0 spiro atoms. The van der Waals surface area contributed by atoms with Crippen LogP contribution >= 0.6 is 0 Å². The molecule has 2 heteroatoms. The van der Waals surface area contributed by atoms with E-state index in [-0.39, 0.29) is 6.04 Å². The Labute approximate surface area is 114 Å². The molecule has 0 radical (unpaired) electrons. The highest BCUT2D eigenvalue weighted by atomic mass is 15.2. The lowest BCUT2D eigenvalue weighted by Gasteiger charge is -2.32. The van der Waals surface area contributed by atoms with E-state index < -0.39 is 0 Å². The van der Waals surface area contributed by atoms with Gasteiger partial charge in [0.05, 0.1) is 6.04 Å². The van der Waals surface area contributed by atoms with Gasteiger partial charge in [-0.05, 0) is 36.0 Å². The van der Waals surface area contributed by atoms with Crippen molar-refractivity contribution in [2.45, 2.75) is 31.2 Å². The summed E-state index contributed by atoms with van der Waals surface area (Å²) in [6.07, 6.45) is 3.63. The molecule has 0 saturated heterocycles. The molecule has 2 nitrogen and oxygen atoms in total. The van der Waals surface area contributed by atoms with Crippen LogP contribution in [0.3, 0.4) is 0 Å². The molecule has 2 aromatic rings. The van der Waals surface area contributed by atoms with E-state index in [0.29, 0.717) is 5.92 Å². The molecule has 0 saturated carbocycles. The quantitative estimate of drug-likeness (QED) is 0.649. The number of nitrogens with one attached hydrogen (secondary N) is 1. The fraction of sp³-hybridized carbons (Fsp3) is 0.294. The summed E-state index contributed by atoms with van der Waals surface area (Å²) in [5, 5.41) is 0. The number of nitrogens with two attached hydrogens (primary N) is 1. The topological polar surface area (TPSA) is 38.0 Å².